The Morgan fingerprint density at radius 1 is 1.19 bits per heavy atom. The molecule has 3 aromatic rings. The lowest BCUT2D eigenvalue weighted by atomic mass is 10.5. The van der Waals surface area contributed by atoms with E-state index in [2.05, 4.69) is 15.1 Å². The molecular formula is C11H11ClN6O3. The second-order valence-corrected chi connectivity index (χ2v) is 4.92. The molecule has 0 N–H and O–H groups in total. The third-order valence-corrected chi connectivity index (χ3v) is 3.45. The second-order valence-electron chi connectivity index (χ2n) is 4.58. The number of halogens is 1. The highest BCUT2D eigenvalue weighted by Gasteiger charge is 2.19. The van der Waals surface area contributed by atoms with Crippen molar-refractivity contribution in [1.29, 1.82) is 0 Å². The maximum atomic E-state index is 12.3. The Morgan fingerprint density at radius 3 is 2.52 bits per heavy atom. The lowest BCUT2D eigenvalue weighted by Gasteiger charge is -2.05. The number of fused-ring (bicyclic) bond motifs is 1. The Hall–Kier alpha value is -2.42. The van der Waals surface area contributed by atoms with Gasteiger partial charge in [-0.25, -0.2) is 4.79 Å². The standard InChI is InChI=1S/C11H11ClN6O3/c1-5-13-6(21-15-5)4-18-7-8(14-10(18)12)16(2)11(20)17(3)9(7)19/h4H2,1-3H3. The first kappa shape index (κ1) is 13.6. The molecule has 0 aliphatic rings. The van der Waals surface area contributed by atoms with Crippen molar-refractivity contribution in [2.45, 2.75) is 13.5 Å². The first-order valence-electron chi connectivity index (χ1n) is 6.01. The molecule has 0 atom stereocenters. The van der Waals surface area contributed by atoms with Crippen LogP contribution in [0, 0.1) is 6.92 Å². The monoisotopic (exact) mass is 310 g/mol. The molecule has 0 aliphatic heterocycles. The van der Waals surface area contributed by atoms with E-state index in [0.717, 1.165) is 4.57 Å². The summed E-state index contributed by atoms with van der Waals surface area (Å²) in [5, 5.41) is 3.75. The molecule has 0 amide bonds. The molecule has 0 radical (unpaired) electrons. The minimum atomic E-state index is -0.483. The second kappa shape index (κ2) is 4.55. The molecule has 0 aliphatic carbocycles. The van der Waals surface area contributed by atoms with Gasteiger partial charge in [-0.1, -0.05) is 5.16 Å². The maximum absolute atomic E-state index is 12.3. The van der Waals surface area contributed by atoms with Crippen LogP contribution in [-0.2, 0) is 20.6 Å². The molecular weight excluding hydrogens is 300 g/mol. The summed E-state index contributed by atoms with van der Waals surface area (Å²) >= 11 is 6.07. The molecule has 0 saturated carbocycles. The normalized spacial score (nSPS) is 11.4. The fourth-order valence-corrected chi connectivity index (χ4v) is 2.33. The molecule has 0 spiro atoms. The van der Waals surface area contributed by atoms with E-state index in [1.165, 1.54) is 23.2 Å². The predicted octanol–water partition coefficient (Wildman–Crippen LogP) is -0.173. The van der Waals surface area contributed by atoms with E-state index >= 15 is 0 Å². The van der Waals surface area contributed by atoms with Crippen molar-refractivity contribution in [2.24, 2.45) is 14.1 Å². The van der Waals surface area contributed by atoms with Gasteiger partial charge < -0.3 is 4.52 Å². The average molecular weight is 311 g/mol. The summed E-state index contributed by atoms with van der Waals surface area (Å²) in [4.78, 5) is 32.3. The number of nitrogens with zero attached hydrogens (tertiary/aromatic N) is 6. The fourth-order valence-electron chi connectivity index (χ4n) is 2.10. The number of aryl methyl sites for hydroxylation is 2. The molecule has 110 valence electrons. The van der Waals surface area contributed by atoms with Crippen molar-refractivity contribution >= 4 is 22.8 Å². The summed E-state index contributed by atoms with van der Waals surface area (Å²) in [5.41, 5.74) is -0.532. The predicted molar refractivity (Wildman–Crippen MR) is 73.4 cm³/mol. The van der Waals surface area contributed by atoms with Gasteiger partial charge in [0.1, 0.15) is 6.54 Å². The van der Waals surface area contributed by atoms with E-state index in [4.69, 9.17) is 16.1 Å². The summed E-state index contributed by atoms with van der Waals surface area (Å²) < 4.78 is 8.71. The Labute approximate surface area is 122 Å². The van der Waals surface area contributed by atoms with Crippen LogP contribution >= 0.6 is 11.6 Å². The Kier molecular flexibility index (Phi) is 2.94. The zero-order valence-corrected chi connectivity index (χ0v) is 12.2. The lowest BCUT2D eigenvalue weighted by Crippen LogP contribution is -2.37. The van der Waals surface area contributed by atoms with Crippen LogP contribution in [0.2, 0.25) is 5.28 Å². The molecule has 9 nitrogen and oxygen atoms in total. The van der Waals surface area contributed by atoms with Crippen LogP contribution in [0.15, 0.2) is 14.1 Å². The fraction of sp³-hybridized carbons (Fsp3) is 0.364. The summed E-state index contributed by atoms with van der Waals surface area (Å²) in [7, 11) is 2.92. The molecule has 21 heavy (non-hydrogen) atoms. The Morgan fingerprint density at radius 2 is 1.90 bits per heavy atom. The van der Waals surface area contributed by atoms with Crippen LogP contribution in [0.5, 0.6) is 0 Å². The van der Waals surface area contributed by atoms with Gasteiger partial charge in [0.25, 0.3) is 5.56 Å². The highest BCUT2D eigenvalue weighted by Crippen LogP contribution is 2.17. The van der Waals surface area contributed by atoms with Gasteiger partial charge in [-0.05, 0) is 18.5 Å². The highest BCUT2D eigenvalue weighted by molar-refractivity contribution is 6.29. The van der Waals surface area contributed by atoms with Gasteiger partial charge >= 0.3 is 5.69 Å². The van der Waals surface area contributed by atoms with Crippen LogP contribution in [0.25, 0.3) is 11.2 Å². The molecule has 0 saturated heterocycles. The smallest absolute Gasteiger partial charge is 0.332 e. The molecule has 3 rings (SSSR count). The van der Waals surface area contributed by atoms with Crippen LogP contribution < -0.4 is 11.2 Å². The lowest BCUT2D eigenvalue weighted by molar-refractivity contribution is 0.369. The zero-order chi connectivity index (χ0) is 15.3. The van der Waals surface area contributed by atoms with Crippen molar-refractivity contribution in [2.75, 3.05) is 0 Å². The van der Waals surface area contributed by atoms with Gasteiger partial charge in [-0.2, -0.15) is 9.97 Å². The first-order valence-corrected chi connectivity index (χ1v) is 6.39. The van der Waals surface area contributed by atoms with Crippen molar-refractivity contribution in [3.05, 3.63) is 37.8 Å². The highest BCUT2D eigenvalue weighted by atomic mass is 35.5. The summed E-state index contributed by atoms with van der Waals surface area (Å²) in [6.07, 6.45) is 0. The molecule has 3 heterocycles. The van der Waals surface area contributed by atoms with Gasteiger partial charge in [-0.15, -0.1) is 0 Å². The Bertz CT molecular complexity index is 963. The quantitative estimate of drug-likeness (QED) is 0.609. The largest absolute Gasteiger partial charge is 0.337 e. The van der Waals surface area contributed by atoms with Crippen molar-refractivity contribution in [3.63, 3.8) is 0 Å². The minimum absolute atomic E-state index is 0.0687. The topological polar surface area (TPSA) is 101 Å². The molecule has 0 fully saturated rings. The minimum Gasteiger partial charge on any atom is -0.337 e. The number of imidazole rings is 1. The molecule has 0 bridgehead atoms. The van der Waals surface area contributed by atoms with Crippen LogP contribution in [0.1, 0.15) is 11.7 Å². The van der Waals surface area contributed by atoms with E-state index in [1.54, 1.807) is 6.92 Å². The number of hydrogen-bond donors (Lipinski definition) is 0. The van der Waals surface area contributed by atoms with Crippen molar-refractivity contribution < 1.29 is 4.52 Å². The van der Waals surface area contributed by atoms with E-state index < -0.39 is 11.2 Å². The van der Waals surface area contributed by atoms with Gasteiger partial charge in [0, 0.05) is 14.1 Å². The van der Waals surface area contributed by atoms with Crippen LogP contribution in [0.3, 0.4) is 0 Å². The van der Waals surface area contributed by atoms with Crippen LogP contribution in [-0.4, -0.2) is 28.8 Å². The number of aromatic nitrogens is 6. The Balaban J connectivity index is 2.31. The van der Waals surface area contributed by atoms with Crippen molar-refractivity contribution in [1.82, 2.24) is 28.8 Å². The third-order valence-electron chi connectivity index (χ3n) is 3.16. The van der Waals surface area contributed by atoms with E-state index in [0.29, 0.717) is 11.7 Å². The third kappa shape index (κ3) is 1.97. The number of rotatable bonds is 2. The van der Waals surface area contributed by atoms with E-state index in [-0.39, 0.29) is 23.0 Å². The molecule has 0 unspecified atom stereocenters. The van der Waals surface area contributed by atoms with Crippen molar-refractivity contribution in [3.8, 4) is 0 Å². The molecule has 3 aromatic heterocycles. The van der Waals surface area contributed by atoms with Gasteiger partial charge in [-0.3, -0.25) is 18.5 Å². The first-order chi connectivity index (χ1) is 9.90. The molecule has 0 aromatic carbocycles. The summed E-state index contributed by atoms with van der Waals surface area (Å²) in [6, 6.07) is 0. The summed E-state index contributed by atoms with van der Waals surface area (Å²) in [6.45, 7) is 1.78. The zero-order valence-electron chi connectivity index (χ0n) is 11.5. The van der Waals surface area contributed by atoms with E-state index in [1.807, 2.05) is 0 Å². The van der Waals surface area contributed by atoms with Crippen LogP contribution in [0.4, 0.5) is 0 Å². The molecule has 10 heteroatoms. The number of hydrogen-bond acceptors (Lipinski definition) is 6. The van der Waals surface area contributed by atoms with E-state index in [9.17, 15) is 9.59 Å². The van der Waals surface area contributed by atoms with Gasteiger partial charge in [0.15, 0.2) is 17.0 Å². The SMILES string of the molecule is Cc1noc(Cn2c(Cl)nc3c2c(=O)n(C)c(=O)n3C)n1. The average Bonchev–Trinajstić information content (AvgIpc) is 2.99. The maximum Gasteiger partial charge on any atom is 0.332 e. The van der Waals surface area contributed by atoms with Gasteiger partial charge in [0.2, 0.25) is 11.2 Å². The van der Waals surface area contributed by atoms with Gasteiger partial charge in [0.05, 0.1) is 0 Å². The summed E-state index contributed by atoms with van der Waals surface area (Å²) in [5.74, 6) is 0.774.